The van der Waals surface area contributed by atoms with Crippen molar-refractivity contribution in [2.24, 2.45) is 0 Å². The zero-order chi connectivity index (χ0) is 9.84. The van der Waals surface area contributed by atoms with Gasteiger partial charge in [0.25, 0.3) is 0 Å². The normalized spacial score (nSPS) is 12.8. The van der Waals surface area contributed by atoms with E-state index in [0.717, 1.165) is 0 Å². The highest BCUT2D eigenvalue weighted by atomic mass is 16.3. The number of nitrogen functional groups attached to an aromatic ring is 1. The van der Waals surface area contributed by atoms with E-state index in [1.165, 1.54) is 6.07 Å². The van der Waals surface area contributed by atoms with Crippen LogP contribution in [0.5, 0.6) is 5.75 Å². The van der Waals surface area contributed by atoms with E-state index in [-0.39, 0.29) is 18.4 Å². The Labute approximate surface area is 77.0 Å². The molecule has 4 heteroatoms. The molecule has 0 saturated carbocycles. The van der Waals surface area contributed by atoms with Crippen LogP contribution in [-0.2, 0) is 0 Å². The third-order valence-corrected chi connectivity index (χ3v) is 1.96. The maximum absolute atomic E-state index is 9.49. The molecule has 0 saturated heterocycles. The number of anilines is 1. The molecule has 0 radical (unpaired) electrons. The van der Waals surface area contributed by atoms with Gasteiger partial charge in [-0.15, -0.1) is 0 Å². The first-order chi connectivity index (χ1) is 6.19. The summed E-state index contributed by atoms with van der Waals surface area (Å²) in [6.07, 6.45) is 0. The topological polar surface area (TPSA) is 78.5 Å². The van der Waals surface area contributed by atoms with Gasteiger partial charge in [0.1, 0.15) is 5.75 Å². The lowest BCUT2D eigenvalue weighted by atomic mass is 10.1. The van der Waals surface area contributed by atoms with Crippen molar-refractivity contribution in [3.8, 4) is 5.75 Å². The van der Waals surface area contributed by atoms with Crippen molar-refractivity contribution in [2.45, 2.75) is 6.04 Å². The molecule has 4 nitrogen and oxygen atoms in total. The van der Waals surface area contributed by atoms with Crippen molar-refractivity contribution < 1.29 is 10.2 Å². The molecule has 0 aliphatic carbocycles. The van der Waals surface area contributed by atoms with E-state index in [1.807, 2.05) is 0 Å². The van der Waals surface area contributed by atoms with E-state index in [4.69, 9.17) is 10.8 Å². The molecule has 0 fully saturated rings. The highest BCUT2D eigenvalue weighted by Crippen LogP contribution is 2.25. The van der Waals surface area contributed by atoms with Gasteiger partial charge in [-0.05, 0) is 13.1 Å². The Morgan fingerprint density at radius 3 is 2.69 bits per heavy atom. The summed E-state index contributed by atoms with van der Waals surface area (Å²) in [7, 11) is 1.72. The Hall–Kier alpha value is -1.26. The van der Waals surface area contributed by atoms with Crippen molar-refractivity contribution in [2.75, 3.05) is 19.4 Å². The fourth-order valence-electron chi connectivity index (χ4n) is 1.20. The number of hydrogen-bond donors (Lipinski definition) is 4. The van der Waals surface area contributed by atoms with Gasteiger partial charge in [-0.25, -0.2) is 0 Å². The van der Waals surface area contributed by atoms with Gasteiger partial charge >= 0.3 is 0 Å². The Kier molecular flexibility index (Phi) is 3.11. The van der Waals surface area contributed by atoms with Gasteiger partial charge in [0.05, 0.1) is 12.6 Å². The predicted molar refractivity (Wildman–Crippen MR) is 51.4 cm³/mol. The molecule has 0 unspecified atom stereocenters. The quantitative estimate of drug-likeness (QED) is 0.504. The van der Waals surface area contributed by atoms with Crippen LogP contribution in [0.3, 0.4) is 0 Å². The summed E-state index contributed by atoms with van der Waals surface area (Å²) >= 11 is 0. The average Bonchev–Trinajstić information content (AvgIpc) is 2.10. The predicted octanol–water partition coefficient (Wildman–Crippen LogP) is 0.227. The summed E-state index contributed by atoms with van der Waals surface area (Å²) in [5.74, 6) is 0.105. The van der Waals surface area contributed by atoms with Crippen molar-refractivity contribution in [3.63, 3.8) is 0 Å². The summed E-state index contributed by atoms with van der Waals surface area (Å²) in [5, 5.41) is 21.3. The number of aliphatic hydroxyl groups excluding tert-OH is 1. The molecule has 0 heterocycles. The minimum Gasteiger partial charge on any atom is -0.508 e. The molecule has 0 spiro atoms. The Morgan fingerprint density at radius 2 is 2.23 bits per heavy atom. The van der Waals surface area contributed by atoms with Crippen molar-refractivity contribution in [1.82, 2.24) is 5.32 Å². The molecular formula is C9H14N2O2. The van der Waals surface area contributed by atoms with E-state index < -0.39 is 0 Å². The van der Waals surface area contributed by atoms with Crippen LogP contribution in [0.15, 0.2) is 18.2 Å². The number of benzene rings is 1. The van der Waals surface area contributed by atoms with Gasteiger partial charge in [-0.1, -0.05) is 6.07 Å². The number of phenolic OH excluding ortho intramolecular Hbond substituents is 1. The third-order valence-electron chi connectivity index (χ3n) is 1.96. The molecule has 0 aromatic heterocycles. The number of nitrogens with two attached hydrogens (primary N) is 1. The molecule has 0 amide bonds. The third kappa shape index (κ3) is 2.11. The second-order valence-corrected chi connectivity index (χ2v) is 2.84. The van der Waals surface area contributed by atoms with Crippen LogP contribution in [0, 0.1) is 0 Å². The van der Waals surface area contributed by atoms with Crippen molar-refractivity contribution in [1.29, 1.82) is 0 Å². The van der Waals surface area contributed by atoms with Crippen LogP contribution in [0.4, 0.5) is 5.69 Å². The lowest BCUT2D eigenvalue weighted by Gasteiger charge is -2.14. The summed E-state index contributed by atoms with van der Waals surface area (Å²) in [6, 6.07) is 4.60. The SMILES string of the molecule is CN[C@H](CO)c1ccc(N)cc1O. The Bertz CT molecular complexity index is 285. The second kappa shape index (κ2) is 4.11. The molecule has 1 atom stereocenters. The summed E-state index contributed by atoms with van der Waals surface area (Å²) in [5.41, 5.74) is 6.63. The molecule has 1 rings (SSSR count). The number of phenols is 1. The first-order valence-corrected chi connectivity index (χ1v) is 4.05. The van der Waals surface area contributed by atoms with Gasteiger partial charge in [-0.2, -0.15) is 0 Å². The highest BCUT2D eigenvalue weighted by Gasteiger charge is 2.11. The largest absolute Gasteiger partial charge is 0.508 e. The van der Waals surface area contributed by atoms with Gasteiger partial charge in [-0.3, -0.25) is 0 Å². The number of rotatable bonds is 3. The molecule has 5 N–H and O–H groups in total. The summed E-state index contributed by atoms with van der Waals surface area (Å²) in [6.45, 7) is -0.0615. The zero-order valence-corrected chi connectivity index (χ0v) is 7.49. The Morgan fingerprint density at radius 1 is 1.54 bits per heavy atom. The van der Waals surface area contributed by atoms with Gasteiger partial charge in [0.2, 0.25) is 0 Å². The monoisotopic (exact) mass is 182 g/mol. The van der Waals surface area contributed by atoms with Crippen molar-refractivity contribution >= 4 is 5.69 Å². The lowest BCUT2D eigenvalue weighted by molar-refractivity contribution is 0.248. The number of nitrogens with one attached hydrogen (secondary N) is 1. The zero-order valence-electron chi connectivity index (χ0n) is 7.49. The van der Waals surface area contributed by atoms with Crippen LogP contribution >= 0.6 is 0 Å². The van der Waals surface area contributed by atoms with E-state index in [2.05, 4.69) is 5.32 Å². The number of aliphatic hydroxyl groups is 1. The van der Waals surface area contributed by atoms with Gasteiger partial charge < -0.3 is 21.3 Å². The molecule has 0 aliphatic rings. The molecule has 1 aromatic rings. The maximum Gasteiger partial charge on any atom is 0.122 e. The van der Waals surface area contributed by atoms with Crippen LogP contribution in [0.2, 0.25) is 0 Å². The minimum absolute atomic E-state index is 0.0615. The second-order valence-electron chi connectivity index (χ2n) is 2.84. The standard InChI is InChI=1S/C9H14N2O2/c1-11-8(5-12)7-3-2-6(10)4-9(7)13/h2-4,8,11-13H,5,10H2,1H3/t8-/m1/s1. The van der Waals surface area contributed by atoms with Crippen LogP contribution < -0.4 is 11.1 Å². The average molecular weight is 182 g/mol. The van der Waals surface area contributed by atoms with Crippen LogP contribution in [-0.4, -0.2) is 23.9 Å². The van der Waals surface area contributed by atoms with Gasteiger partial charge in [0, 0.05) is 17.3 Å². The molecule has 13 heavy (non-hydrogen) atoms. The first-order valence-electron chi connectivity index (χ1n) is 4.05. The molecule has 0 aliphatic heterocycles. The Balaban J connectivity index is 2.99. The number of aromatic hydroxyl groups is 1. The molecule has 1 aromatic carbocycles. The molecular weight excluding hydrogens is 168 g/mol. The number of hydrogen-bond acceptors (Lipinski definition) is 4. The fraction of sp³-hybridized carbons (Fsp3) is 0.333. The highest BCUT2D eigenvalue weighted by molar-refractivity contribution is 5.48. The van der Waals surface area contributed by atoms with E-state index in [1.54, 1.807) is 19.2 Å². The van der Waals surface area contributed by atoms with E-state index in [9.17, 15) is 5.11 Å². The maximum atomic E-state index is 9.49. The van der Waals surface area contributed by atoms with Crippen LogP contribution in [0.25, 0.3) is 0 Å². The first kappa shape index (κ1) is 9.83. The van der Waals surface area contributed by atoms with Crippen LogP contribution in [0.1, 0.15) is 11.6 Å². The van der Waals surface area contributed by atoms with Crippen molar-refractivity contribution in [3.05, 3.63) is 23.8 Å². The van der Waals surface area contributed by atoms with Gasteiger partial charge in [0.15, 0.2) is 0 Å². The summed E-state index contributed by atoms with van der Waals surface area (Å²) in [4.78, 5) is 0. The minimum atomic E-state index is -0.249. The summed E-state index contributed by atoms with van der Waals surface area (Å²) < 4.78 is 0. The smallest absolute Gasteiger partial charge is 0.122 e. The molecule has 72 valence electrons. The fourth-order valence-corrected chi connectivity index (χ4v) is 1.20. The lowest BCUT2D eigenvalue weighted by Crippen LogP contribution is -2.19. The number of likely N-dealkylation sites (N-methyl/N-ethyl adjacent to an activating group) is 1. The molecule has 0 bridgehead atoms. The van der Waals surface area contributed by atoms with E-state index in [0.29, 0.717) is 11.3 Å². The van der Waals surface area contributed by atoms with E-state index >= 15 is 0 Å².